The topological polar surface area (TPSA) is 61.9 Å². The summed E-state index contributed by atoms with van der Waals surface area (Å²) in [7, 11) is -1.79. The molecule has 1 saturated heterocycles. The van der Waals surface area contributed by atoms with E-state index in [-0.39, 0.29) is 0 Å². The molecule has 3 aromatic carbocycles. The van der Waals surface area contributed by atoms with E-state index < -0.39 is 10.0 Å². The number of nitrogens with zero attached hydrogens (tertiary/aromatic N) is 2. The second kappa shape index (κ2) is 9.26. The van der Waals surface area contributed by atoms with Crippen LogP contribution in [0.5, 0.6) is 5.75 Å². The highest BCUT2D eigenvalue weighted by Crippen LogP contribution is 2.30. The van der Waals surface area contributed by atoms with Crippen molar-refractivity contribution in [3.05, 3.63) is 66.2 Å². The van der Waals surface area contributed by atoms with Crippen LogP contribution in [0.25, 0.3) is 10.8 Å². The van der Waals surface area contributed by atoms with Crippen LogP contribution in [0.15, 0.2) is 65.6 Å². The van der Waals surface area contributed by atoms with Crippen LogP contribution in [0.3, 0.4) is 0 Å². The molecule has 1 N–H and O–H groups in total. The van der Waals surface area contributed by atoms with Crippen molar-refractivity contribution in [3.63, 3.8) is 0 Å². The van der Waals surface area contributed by atoms with E-state index in [0.29, 0.717) is 18.0 Å². The van der Waals surface area contributed by atoms with Gasteiger partial charge in [-0.05, 0) is 42.1 Å². The summed E-state index contributed by atoms with van der Waals surface area (Å²) in [4.78, 5) is 5.06. The Hall–Kier alpha value is -2.61. The summed E-state index contributed by atoms with van der Waals surface area (Å²) in [5, 5.41) is 2.40. The number of methoxy groups -OCH3 is 1. The van der Waals surface area contributed by atoms with Crippen molar-refractivity contribution < 1.29 is 13.2 Å². The van der Waals surface area contributed by atoms with Crippen molar-refractivity contribution in [3.8, 4) is 5.75 Å². The largest absolute Gasteiger partial charge is 0.497 e. The van der Waals surface area contributed by atoms with Gasteiger partial charge in [-0.15, -0.1) is 0 Å². The number of benzene rings is 3. The van der Waals surface area contributed by atoms with Crippen LogP contribution in [0.4, 0.5) is 5.69 Å². The average Bonchev–Trinajstić information content (AvgIpc) is 2.79. The fourth-order valence-electron chi connectivity index (χ4n) is 4.12. The van der Waals surface area contributed by atoms with Gasteiger partial charge in [0, 0.05) is 50.3 Å². The molecule has 31 heavy (non-hydrogen) atoms. The molecule has 4 rings (SSSR count). The summed E-state index contributed by atoms with van der Waals surface area (Å²) in [6, 6.07) is 19.6. The second-order valence-electron chi connectivity index (χ2n) is 7.86. The first-order chi connectivity index (χ1) is 15.0. The number of sulfonamides is 1. The Bertz CT molecular complexity index is 1160. The van der Waals surface area contributed by atoms with Gasteiger partial charge in [0.2, 0.25) is 10.0 Å². The van der Waals surface area contributed by atoms with Crippen LogP contribution in [0, 0.1) is 6.92 Å². The monoisotopic (exact) mass is 439 g/mol. The van der Waals surface area contributed by atoms with Crippen molar-refractivity contribution in [1.29, 1.82) is 0 Å². The van der Waals surface area contributed by atoms with Crippen molar-refractivity contribution in [2.24, 2.45) is 0 Å². The third kappa shape index (κ3) is 4.84. The van der Waals surface area contributed by atoms with E-state index in [4.69, 9.17) is 4.74 Å². The average molecular weight is 440 g/mol. The molecule has 1 fully saturated rings. The van der Waals surface area contributed by atoms with Crippen molar-refractivity contribution >= 4 is 26.5 Å². The van der Waals surface area contributed by atoms with E-state index in [2.05, 4.69) is 44.9 Å². The van der Waals surface area contributed by atoms with Gasteiger partial charge in [-0.2, -0.15) is 0 Å². The van der Waals surface area contributed by atoms with Crippen molar-refractivity contribution in [1.82, 2.24) is 9.62 Å². The molecule has 1 aliphatic rings. The van der Waals surface area contributed by atoms with E-state index in [1.165, 1.54) is 16.5 Å². The molecular formula is C24H29N3O3S. The Kier molecular flexibility index (Phi) is 6.46. The maximum Gasteiger partial charge on any atom is 0.240 e. The van der Waals surface area contributed by atoms with Gasteiger partial charge < -0.3 is 9.64 Å². The van der Waals surface area contributed by atoms with Gasteiger partial charge in [-0.25, -0.2) is 13.1 Å². The van der Waals surface area contributed by atoms with Gasteiger partial charge in [0.05, 0.1) is 12.0 Å². The molecule has 0 unspecified atom stereocenters. The molecule has 164 valence electrons. The molecule has 0 aromatic heterocycles. The number of aryl methyl sites for hydroxylation is 1. The van der Waals surface area contributed by atoms with E-state index >= 15 is 0 Å². The van der Waals surface area contributed by atoms with E-state index in [1.54, 1.807) is 19.2 Å². The zero-order valence-corrected chi connectivity index (χ0v) is 18.9. The number of ether oxygens (including phenoxy) is 1. The number of anilines is 1. The summed E-state index contributed by atoms with van der Waals surface area (Å²) in [5.41, 5.74) is 1.98. The number of hydrogen-bond donors (Lipinski definition) is 1. The van der Waals surface area contributed by atoms with Gasteiger partial charge in [0.1, 0.15) is 5.75 Å². The Labute approximate surface area is 184 Å². The van der Waals surface area contributed by atoms with Crippen molar-refractivity contribution in [2.45, 2.75) is 11.8 Å². The molecule has 0 spiro atoms. The molecule has 1 aliphatic heterocycles. The third-order valence-corrected chi connectivity index (χ3v) is 7.50. The zero-order valence-electron chi connectivity index (χ0n) is 18.0. The van der Waals surface area contributed by atoms with E-state index in [0.717, 1.165) is 37.5 Å². The number of piperazine rings is 1. The lowest BCUT2D eigenvalue weighted by Crippen LogP contribution is -2.48. The van der Waals surface area contributed by atoms with Crippen LogP contribution in [0.2, 0.25) is 0 Å². The van der Waals surface area contributed by atoms with E-state index in [1.807, 2.05) is 25.1 Å². The molecule has 1 heterocycles. The molecule has 0 bridgehead atoms. The van der Waals surface area contributed by atoms with Crippen LogP contribution in [0.1, 0.15) is 5.56 Å². The maximum absolute atomic E-state index is 12.6. The molecule has 7 heteroatoms. The van der Waals surface area contributed by atoms with Gasteiger partial charge in [0.15, 0.2) is 0 Å². The SMILES string of the molecule is COc1ccc2cccc(N3CCN(CCNS(=O)(=O)c4ccccc4C)CC3)c2c1. The predicted octanol–water partition coefficient (Wildman–Crippen LogP) is 3.26. The Morgan fingerprint density at radius 3 is 2.48 bits per heavy atom. The molecular weight excluding hydrogens is 410 g/mol. The van der Waals surface area contributed by atoms with Crippen molar-refractivity contribution in [2.75, 3.05) is 51.3 Å². The highest BCUT2D eigenvalue weighted by molar-refractivity contribution is 7.89. The molecule has 0 saturated carbocycles. The molecule has 0 amide bonds. The molecule has 0 aliphatic carbocycles. The van der Waals surface area contributed by atoms with Gasteiger partial charge in [0.25, 0.3) is 0 Å². The number of fused-ring (bicyclic) bond motifs is 1. The Balaban J connectivity index is 1.34. The highest BCUT2D eigenvalue weighted by Gasteiger charge is 2.20. The van der Waals surface area contributed by atoms with Crippen LogP contribution in [-0.2, 0) is 10.0 Å². The summed E-state index contributed by atoms with van der Waals surface area (Å²) in [6.45, 7) is 6.52. The minimum Gasteiger partial charge on any atom is -0.497 e. The molecule has 0 radical (unpaired) electrons. The molecule has 3 aromatic rings. The summed E-state index contributed by atoms with van der Waals surface area (Å²) < 4.78 is 33.3. The lowest BCUT2D eigenvalue weighted by atomic mass is 10.1. The summed E-state index contributed by atoms with van der Waals surface area (Å²) in [5.74, 6) is 0.861. The lowest BCUT2D eigenvalue weighted by Gasteiger charge is -2.36. The first-order valence-electron chi connectivity index (χ1n) is 10.6. The quantitative estimate of drug-likeness (QED) is 0.612. The normalized spacial score (nSPS) is 15.4. The highest BCUT2D eigenvalue weighted by atomic mass is 32.2. The minimum atomic E-state index is -3.48. The van der Waals surface area contributed by atoms with Gasteiger partial charge in [-0.3, -0.25) is 4.90 Å². The fourth-order valence-corrected chi connectivity index (χ4v) is 5.39. The van der Waals surface area contributed by atoms with Crippen LogP contribution < -0.4 is 14.4 Å². The maximum atomic E-state index is 12.6. The number of nitrogens with one attached hydrogen (secondary N) is 1. The fraction of sp³-hybridized carbons (Fsp3) is 0.333. The predicted molar refractivity (Wildman–Crippen MR) is 126 cm³/mol. The number of hydrogen-bond acceptors (Lipinski definition) is 5. The number of rotatable bonds is 7. The van der Waals surface area contributed by atoms with Crippen LogP contribution in [-0.4, -0.2) is 59.7 Å². The third-order valence-electron chi connectivity index (χ3n) is 5.88. The van der Waals surface area contributed by atoms with Gasteiger partial charge in [-0.1, -0.05) is 36.4 Å². The van der Waals surface area contributed by atoms with Crippen LogP contribution >= 0.6 is 0 Å². The zero-order chi connectivity index (χ0) is 21.8. The first kappa shape index (κ1) is 21.6. The summed E-state index contributed by atoms with van der Waals surface area (Å²) >= 11 is 0. The Morgan fingerprint density at radius 1 is 0.968 bits per heavy atom. The first-order valence-corrected chi connectivity index (χ1v) is 12.1. The molecule has 0 atom stereocenters. The minimum absolute atomic E-state index is 0.353. The Morgan fingerprint density at radius 2 is 1.74 bits per heavy atom. The second-order valence-corrected chi connectivity index (χ2v) is 9.59. The standard InChI is InChI=1S/C24H29N3O3S/c1-19-6-3-4-9-24(19)31(28,29)25-12-13-26-14-16-27(17-15-26)23-8-5-7-20-10-11-21(30-2)18-22(20)23/h3-11,18,25H,12-17H2,1-2H3. The molecule has 6 nitrogen and oxygen atoms in total. The smallest absolute Gasteiger partial charge is 0.240 e. The van der Waals surface area contributed by atoms with Gasteiger partial charge >= 0.3 is 0 Å². The lowest BCUT2D eigenvalue weighted by molar-refractivity contribution is 0.262. The summed E-state index contributed by atoms with van der Waals surface area (Å²) in [6.07, 6.45) is 0. The van der Waals surface area contributed by atoms with E-state index in [9.17, 15) is 8.42 Å².